The van der Waals surface area contributed by atoms with Gasteiger partial charge in [-0.25, -0.2) is 0 Å². The Hall–Kier alpha value is -0.900. The van der Waals surface area contributed by atoms with Crippen LogP contribution in [-0.4, -0.2) is 12.1 Å². The van der Waals surface area contributed by atoms with E-state index in [9.17, 15) is 9.59 Å². The zero-order chi connectivity index (χ0) is 7.56. The lowest BCUT2D eigenvalue weighted by molar-refractivity contribution is -0.104. The highest BCUT2D eigenvalue weighted by Crippen LogP contribution is 2.16. The van der Waals surface area contributed by atoms with Gasteiger partial charge in [-0.3, -0.25) is 9.59 Å². The van der Waals surface area contributed by atoms with Gasteiger partial charge in [-0.2, -0.15) is 0 Å². The molecule has 0 amide bonds. The summed E-state index contributed by atoms with van der Waals surface area (Å²) < 4.78 is 5.02. The number of halogens is 1. The van der Waals surface area contributed by atoms with E-state index >= 15 is 0 Å². The normalized spacial score (nSPS) is 9.30. The molecule has 10 heavy (non-hydrogen) atoms. The smallest absolute Gasteiger partial charge is 0.229 e. The lowest BCUT2D eigenvalue weighted by atomic mass is 10.2. The van der Waals surface area contributed by atoms with Gasteiger partial charge in [0.15, 0.2) is 11.0 Å². The third kappa shape index (κ3) is 1.16. The Morgan fingerprint density at radius 2 is 2.40 bits per heavy atom. The first-order chi connectivity index (χ1) is 4.75. The molecule has 0 aromatic carbocycles. The number of carbonyl (C=O) groups excluding carboxylic acids is 2. The fraction of sp³-hybridized carbons (Fsp3) is 0. The summed E-state index contributed by atoms with van der Waals surface area (Å²) in [7, 11) is 0. The van der Waals surface area contributed by atoms with E-state index in [2.05, 4.69) is 15.9 Å². The monoisotopic (exact) mass is 202 g/mol. The summed E-state index contributed by atoms with van der Waals surface area (Å²) in [6, 6.07) is 1.43. The number of hydrogen-bond donors (Lipinski definition) is 0. The maximum atomic E-state index is 10.6. The lowest BCUT2D eigenvalue weighted by Crippen LogP contribution is -1.97. The van der Waals surface area contributed by atoms with Gasteiger partial charge in [0.2, 0.25) is 5.78 Å². The molecule has 0 saturated carbocycles. The van der Waals surface area contributed by atoms with E-state index in [1.165, 1.54) is 12.3 Å². The number of rotatable bonds is 2. The van der Waals surface area contributed by atoms with E-state index in [1.54, 1.807) is 0 Å². The van der Waals surface area contributed by atoms with Crippen molar-refractivity contribution in [1.82, 2.24) is 0 Å². The average Bonchev–Trinajstić information content (AvgIpc) is 2.34. The molecule has 0 unspecified atom stereocenters. The Labute approximate surface area is 65.1 Å². The molecule has 0 N–H and O–H groups in total. The summed E-state index contributed by atoms with van der Waals surface area (Å²) in [5.41, 5.74) is 0.259. The van der Waals surface area contributed by atoms with Gasteiger partial charge in [0.25, 0.3) is 0 Å². The van der Waals surface area contributed by atoms with Crippen LogP contribution in [0.25, 0.3) is 0 Å². The molecule has 1 rings (SSSR count). The van der Waals surface area contributed by atoms with E-state index in [4.69, 9.17) is 4.42 Å². The van der Waals surface area contributed by atoms with Crippen LogP contribution in [0.5, 0.6) is 0 Å². The van der Waals surface area contributed by atoms with Crippen molar-refractivity contribution in [2.45, 2.75) is 0 Å². The van der Waals surface area contributed by atoms with Crippen LogP contribution in [0, 0.1) is 0 Å². The van der Waals surface area contributed by atoms with Crippen molar-refractivity contribution < 1.29 is 14.0 Å². The van der Waals surface area contributed by atoms with Gasteiger partial charge in [0.05, 0.1) is 11.8 Å². The van der Waals surface area contributed by atoms with Crippen molar-refractivity contribution >= 4 is 28.0 Å². The molecule has 3 nitrogen and oxygen atoms in total. The highest BCUT2D eigenvalue weighted by atomic mass is 79.9. The van der Waals surface area contributed by atoms with Crippen molar-refractivity contribution in [3.63, 3.8) is 0 Å². The number of Topliss-reactive ketones (excluding diaryl/α,β-unsaturated/α-hetero) is 1. The fourth-order valence-corrected chi connectivity index (χ4v) is 0.969. The second-order valence-corrected chi connectivity index (χ2v) is 2.31. The lowest BCUT2D eigenvalue weighted by Gasteiger charge is -1.83. The van der Waals surface area contributed by atoms with Crippen LogP contribution >= 0.6 is 15.9 Å². The van der Waals surface area contributed by atoms with Crippen molar-refractivity contribution in [3.8, 4) is 0 Å². The number of ketones is 1. The van der Waals surface area contributed by atoms with E-state index in [-0.39, 0.29) is 11.8 Å². The van der Waals surface area contributed by atoms with Crippen molar-refractivity contribution in [2.24, 2.45) is 0 Å². The zero-order valence-corrected chi connectivity index (χ0v) is 6.42. The summed E-state index contributed by atoms with van der Waals surface area (Å²) in [6.45, 7) is 0. The van der Waals surface area contributed by atoms with Crippen molar-refractivity contribution in [2.75, 3.05) is 0 Å². The van der Waals surface area contributed by atoms with Crippen LogP contribution in [0.15, 0.2) is 21.4 Å². The van der Waals surface area contributed by atoms with Crippen LogP contribution in [0.3, 0.4) is 0 Å². The first-order valence-electron chi connectivity index (χ1n) is 2.48. The Bertz CT molecular complexity index is 264. The summed E-state index contributed by atoms with van der Waals surface area (Å²) in [5, 5.41) is 0. The molecule has 0 radical (unpaired) electrons. The Balaban J connectivity index is 3.04. The molecule has 4 heteroatoms. The van der Waals surface area contributed by atoms with Gasteiger partial charge in [-0.05, 0) is 22.0 Å². The highest BCUT2D eigenvalue weighted by molar-refractivity contribution is 9.10. The topological polar surface area (TPSA) is 47.3 Å². The van der Waals surface area contributed by atoms with Crippen LogP contribution in [0.2, 0.25) is 0 Å². The van der Waals surface area contributed by atoms with Crippen LogP contribution < -0.4 is 0 Å². The summed E-state index contributed by atoms with van der Waals surface area (Å²) in [4.78, 5) is 20.6. The molecule has 0 aliphatic carbocycles. The molecule has 0 aliphatic rings. The third-order valence-electron chi connectivity index (χ3n) is 0.990. The Morgan fingerprint density at radius 1 is 1.70 bits per heavy atom. The second-order valence-electron chi connectivity index (χ2n) is 1.59. The minimum Gasteiger partial charge on any atom is -0.457 e. The van der Waals surface area contributed by atoms with E-state index in [0.717, 1.165) is 0 Å². The van der Waals surface area contributed by atoms with Crippen LogP contribution in [0.4, 0.5) is 0 Å². The minimum absolute atomic E-state index is 0.246. The number of furan rings is 1. The maximum absolute atomic E-state index is 10.6. The minimum atomic E-state index is -0.583. The standard InChI is InChI=1S/C6H3BrO3/c7-6-4(1-2-10-6)5(9)3-8/h1-3H. The number of hydrogen-bond acceptors (Lipinski definition) is 3. The quantitative estimate of drug-likeness (QED) is 0.414. The van der Waals surface area contributed by atoms with Crippen molar-refractivity contribution in [1.29, 1.82) is 0 Å². The molecular weight excluding hydrogens is 200 g/mol. The molecule has 0 atom stereocenters. The van der Waals surface area contributed by atoms with Gasteiger partial charge in [0.1, 0.15) is 0 Å². The van der Waals surface area contributed by atoms with Crippen LogP contribution in [0.1, 0.15) is 10.4 Å². The van der Waals surface area contributed by atoms with Gasteiger partial charge in [-0.15, -0.1) is 0 Å². The molecule has 0 spiro atoms. The molecular formula is C6H3BrO3. The highest BCUT2D eigenvalue weighted by Gasteiger charge is 2.10. The van der Waals surface area contributed by atoms with E-state index in [0.29, 0.717) is 4.67 Å². The second kappa shape index (κ2) is 2.79. The summed E-state index contributed by atoms with van der Waals surface area (Å²) in [5.74, 6) is -0.583. The largest absolute Gasteiger partial charge is 0.457 e. The first-order valence-corrected chi connectivity index (χ1v) is 3.27. The predicted molar refractivity (Wildman–Crippen MR) is 36.8 cm³/mol. The molecule has 0 bridgehead atoms. The van der Waals surface area contributed by atoms with E-state index in [1.807, 2.05) is 0 Å². The molecule has 0 saturated heterocycles. The van der Waals surface area contributed by atoms with Gasteiger partial charge in [-0.1, -0.05) is 0 Å². The van der Waals surface area contributed by atoms with Gasteiger partial charge >= 0.3 is 0 Å². The average molecular weight is 203 g/mol. The van der Waals surface area contributed by atoms with E-state index < -0.39 is 5.78 Å². The number of aldehydes is 1. The molecule has 52 valence electrons. The summed E-state index contributed by atoms with van der Waals surface area (Å²) in [6.07, 6.45) is 1.58. The first kappa shape index (κ1) is 7.21. The number of carbonyl (C=O) groups is 2. The summed E-state index contributed by atoms with van der Waals surface area (Å²) >= 11 is 2.96. The third-order valence-corrected chi connectivity index (χ3v) is 1.60. The van der Waals surface area contributed by atoms with Crippen molar-refractivity contribution in [3.05, 3.63) is 22.6 Å². The van der Waals surface area contributed by atoms with Gasteiger partial charge < -0.3 is 4.42 Å². The fourth-order valence-electron chi connectivity index (χ4n) is 0.533. The predicted octanol–water partition coefficient (Wildman–Crippen LogP) is 1.42. The zero-order valence-electron chi connectivity index (χ0n) is 4.83. The molecule has 1 aromatic rings. The maximum Gasteiger partial charge on any atom is 0.229 e. The SMILES string of the molecule is O=CC(=O)c1ccoc1Br. The molecule has 0 fully saturated rings. The van der Waals surface area contributed by atoms with Gasteiger partial charge in [0, 0.05) is 0 Å². The molecule has 1 heterocycles. The van der Waals surface area contributed by atoms with Crippen LogP contribution in [-0.2, 0) is 4.79 Å². The Kier molecular flexibility index (Phi) is 2.01. The molecule has 1 aromatic heterocycles. The Morgan fingerprint density at radius 3 is 2.80 bits per heavy atom. The molecule has 0 aliphatic heterocycles.